The zero-order valence-corrected chi connectivity index (χ0v) is 18.2. The number of nitrogens with one attached hydrogen (secondary N) is 1. The normalized spacial score (nSPS) is 10.9. The Morgan fingerprint density at radius 1 is 1.04 bits per heavy atom. The van der Waals surface area contributed by atoms with Gasteiger partial charge in [-0.25, -0.2) is 4.39 Å². The van der Waals surface area contributed by atoms with Gasteiger partial charge in [-0.15, -0.1) is 0 Å². The summed E-state index contributed by atoms with van der Waals surface area (Å²) < 4.78 is 31.2. The van der Waals surface area contributed by atoms with Crippen LogP contribution in [0.25, 0.3) is 0 Å². The second-order valence-electron chi connectivity index (χ2n) is 6.47. The van der Waals surface area contributed by atoms with E-state index in [9.17, 15) is 4.39 Å². The zero-order chi connectivity index (χ0) is 20.2. The average Bonchev–Trinajstić information content (AvgIpc) is 2.71. The second kappa shape index (κ2) is 12.8. The van der Waals surface area contributed by atoms with E-state index in [-0.39, 0.29) is 5.82 Å². The Labute approximate surface area is 175 Å². The first-order chi connectivity index (χ1) is 13.7. The highest BCUT2D eigenvalue weighted by Gasteiger charge is 2.14. The summed E-state index contributed by atoms with van der Waals surface area (Å²) in [4.78, 5) is 0. The number of benzene rings is 2. The van der Waals surface area contributed by atoms with Gasteiger partial charge in [0.1, 0.15) is 12.4 Å². The van der Waals surface area contributed by atoms with Gasteiger partial charge in [-0.3, -0.25) is 0 Å². The maximum Gasteiger partial charge on any atom is 0.167 e. The van der Waals surface area contributed by atoms with Crippen LogP contribution >= 0.6 is 15.9 Å². The number of hydrogen-bond donors (Lipinski definition) is 1. The molecular weight excluding hydrogens is 425 g/mol. The van der Waals surface area contributed by atoms with Crippen molar-refractivity contribution in [2.75, 3.05) is 26.9 Å². The highest BCUT2D eigenvalue weighted by Crippen LogP contribution is 2.36. The van der Waals surface area contributed by atoms with Crippen molar-refractivity contribution in [3.63, 3.8) is 0 Å². The molecule has 0 saturated heterocycles. The molecule has 0 atom stereocenters. The van der Waals surface area contributed by atoms with E-state index in [0.29, 0.717) is 24.7 Å². The first-order valence-corrected chi connectivity index (χ1v) is 10.5. The fraction of sp³-hybridized carbons (Fsp3) is 0.455. The van der Waals surface area contributed by atoms with Gasteiger partial charge >= 0.3 is 0 Å². The molecule has 2 aromatic rings. The summed E-state index contributed by atoms with van der Waals surface area (Å²) in [5.41, 5.74) is 1.89. The third-order valence-electron chi connectivity index (χ3n) is 4.27. The van der Waals surface area contributed by atoms with E-state index < -0.39 is 0 Å². The van der Waals surface area contributed by atoms with Crippen LogP contribution in [0.2, 0.25) is 0 Å². The van der Waals surface area contributed by atoms with Crippen LogP contribution in [0.1, 0.15) is 37.3 Å². The molecule has 0 aliphatic heterocycles. The fourth-order valence-electron chi connectivity index (χ4n) is 2.66. The van der Waals surface area contributed by atoms with Crippen LogP contribution in [0.15, 0.2) is 40.9 Å². The number of ether oxygens (including phenoxy) is 3. The lowest BCUT2D eigenvalue weighted by molar-refractivity contribution is 0.128. The molecule has 2 aromatic carbocycles. The van der Waals surface area contributed by atoms with Gasteiger partial charge in [0.2, 0.25) is 0 Å². The Hall–Kier alpha value is -1.63. The minimum atomic E-state index is -0.257. The number of methoxy groups -OCH3 is 1. The van der Waals surface area contributed by atoms with Gasteiger partial charge in [-0.2, -0.15) is 0 Å². The monoisotopic (exact) mass is 453 g/mol. The minimum Gasteiger partial charge on any atom is -0.493 e. The van der Waals surface area contributed by atoms with Crippen molar-refractivity contribution in [2.45, 2.75) is 39.3 Å². The third kappa shape index (κ3) is 7.41. The third-order valence-corrected chi connectivity index (χ3v) is 5.01. The van der Waals surface area contributed by atoms with Crippen LogP contribution < -0.4 is 14.8 Å². The quantitative estimate of drug-likeness (QED) is 0.408. The van der Waals surface area contributed by atoms with Crippen molar-refractivity contribution >= 4 is 15.9 Å². The van der Waals surface area contributed by atoms with Crippen LogP contribution in [0.5, 0.6) is 11.5 Å². The average molecular weight is 454 g/mol. The van der Waals surface area contributed by atoms with E-state index in [1.807, 2.05) is 12.1 Å². The lowest BCUT2D eigenvalue weighted by atomic mass is 10.1. The molecule has 0 unspecified atom stereocenters. The first-order valence-electron chi connectivity index (χ1n) is 9.66. The van der Waals surface area contributed by atoms with Crippen molar-refractivity contribution in [2.24, 2.45) is 0 Å². The molecule has 0 spiro atoms. The van der Waals surface area contributed by atoms with Crippen LogP contribution in [0.3, 0.4) is 0 Å². The van der Waals surface area contributed by atoms with Crippen molar-refractivity contribution in [3.05, 3.63) is 57.8 Å². The van der Waals surface area contributed by atoms with Gasteiger partial charge in [0.25, 0.3) is 0 Å². The number of halogens is 2. The summed E-state index contributed by atoms with van der Waals surface area (Å²) in [6, 6.07) is 10.1. The van der Waals surface area contributed by atoms with Gasteiger partial charge < -0.3 is 19.5 Å². The summed E-state index contributed by atoms with van der Waals surface area (Å²) in [6.07, 6.45) is 3.22. The van der Waals surface area contributed by atoms with Gasteiger partial charge in [-0.05, 0) is 49.2 Å². The Morgan fingerprint density at radius 2 is 1.79 bits per heavy atom. The zero-order valence-electron chi connectivity index (χ0n) is 16.6. The summed E-state index contributed by atoms with van der Waals surface area (Å²) in [5, 5.41) is 3.44. The molecule has 0 fully saturated rings. The number of hydrogen-bond acceptors (Lipinski definition) is 4. The van der Waals surface area contributed by atoms with Gasteiger partial charge in [-0.1, -0.05) is 41.4 Å². The lowest BCUT2D eigenvalue weighted by Gasteiger charge is -2.17. The van der Waals surface area contributed by atoms with E-state index in [4.69, 9.17) is 14.2 Å². The standard InChI is InChI=1S/C22H29BrFNO3/c1-3-4-13-27-14-5-12-25-15-19-20(23)10-11-21(26-2)22(19)28-16-17-6-8-18(24)9-7-17/h6-11,25H,3-5,12-16H2,1-2H3. The topological polar surface area (TPSA) is 39.7 Å². The van der Waals surface area contributed by atoms with Crippen LogP contribution in [0.4, 0.5) is 4.39 Å². The Kier molecular flexibility index (Phi) is 10.3. The molecular formula is C22H29BrFNO3. The fourth-order valence-corrected chi connectivity index (χ4v) is 3.12. The summed E-state index contributed by atoms with van der Waals surface area (Å²) in [5.74, 6) is 1.10. The summed E-state index contributed by atoms with van der Waals surface area (Å²) >= 11 is 3.61. The number of unbranched alkanes of at least 4 members (excludes halogenated alkanes) is 1. The summed E-state index contributed by atoms with van der Waals surface area (Å²) in [7, 11) is 1.62. The largest absolute Gasteiger partial charge is 0.493 e. The molecule has 0 heterocycles. The van der Waals surface area contributed by atoms with Gasteiger partial charge in [0, 0.05) is 29.8 Å². The van der Waals surface area contributed by atoms with E-state index in [1.54, 1.807) is 19.2 Å². The van der Waals surface area contributed by atoms with Crippen molar-refractivity contribution in [1.29, 1.82) is 0 Å². The van der Waals surface area contributed by atoms with E-state index in [1.165, 1.54) is 12.1 Å². The predicted molar refractivity (Wildman–Crippen MR) is 113 cm³/mol. The van der Waals surface area contributed by atoms with Gasteiger partial charge in [0.05, 0.1) is 7.11 Å². The molecule has 0 amide bonds. The van der Waals surface area contributed by atoms with Crippen molar-refractivity contribution < 1.29 is 18.6 Å². The molecule has 154 valence electrons. The van der Waals surface area contributed by atoms with Crippen LogP contribution in [-0.4, -0.2) is 26.9 Å². The van der Waals surface area contributed by atoms with E-state index in [2.05, 4.69) is 28.2 Å². The lowest BCUT2D eigenvalue weighted by Crippen LogP contribution is -2.18. The highest BCUT2D eigenvalue weighted by atomic mass is 79.9. The smallest absolute Gasteiger partial charge is 0.167 e. The molecule has 0 aliphatic carbocycles. The van der Waals surface area contributed by atoms with Crippen molar-refractivity contribution in [3.8, 4) is 11.5 Å². The maximum atomic E-state index is 13.1. The SMILES string of the molecule is CCCCOCCCNCc1c(Br)ccc(OC)c1OCc1ccc(F)cc1. The van der Waals surface area contributed by atoms with Crippen molar-refractivity contribution in [1.82, 2.24) is 5.32 Å². The maximum absolute atomic E-state index is 13.1. The molecule has 0 saturated carbocycles. The second-order valence-corrected chi connectivity index (χ2v) is 7.32. The molecule has 0 bridgehead atoms. The first kappa shape index (κ1) is 22.7. The summed E-state index contributed by atoms with van der Waals surface area (Å²) in [6.45, 7) is 5.59. The Bertz CT molecular complexity index is 710. The molecule has 0 aliphatic rings. The molecule has 28 heavy (non-hydrogen) atoms. The van der Waals surface area contributed by atoms with E-state index >= 15 is 0 Å². The Morgan fingerprint density at radius 3 is 2.50 bits per heavy atom. The molecule has 2 rings (SSSR count). The van der Waals surface area contributed by atoms with Crippen LogP contribution in [-0.2, 0) is 17.9 Å². The molecule has 0 aromatic heterocycles. The number of rotatable bonds is 13. The molecule has 6 heteroatoms. The van der Waals surface area contributed by atoms with Crippen LogP contribution in [0, 0.1) is 5.82 Å². The van der Waals surface area contributed by atoms with Gasteiger partial charge in [0.15, 0.2) is 11.5 Å². The minimum absolute atomic E-state index is 0.257. The molecule has 0 radical (unpaired) electrons. The molecule has 4 nitrogen and oxygen atoms in total. The Balaban J connectivity index is 1.93. The molecule has 1 N–H and O–H groups in total. The van der Waals surface area contributed by atoms with E-state index in [0.717, 1.165) is 54.6 Å². The highest BCUT2D eigenvalue weighted by molar-refractivity contribution is 9.10. The predicted octanol–water partition coefficient (Wildman–Crippen LogP) is 5.47.